The zero-order chi connectivity index (χ0) is 15.8. The summed E-state index contributed by atoms with van der Waals surface area (Å²) in [6.07, 6.45) is 2.93. The van der Waals surface area contributed by atoms with Gasteiger partial charge < -0.3 is 0 Å². The van der Waals surface area contributed by atoms with Gasteiger partial charge in [0.2, 0.25) is 0 Å². The van der Waals surface area contributed by atoms with Gasteiger partial charge in [-0.15, -0.1) is 11.6 Å². The highest BCUT2D eigenvalue weighted by atomic mass is 35.5. The van der Waals surface area contributed by atoms with Crippen LogP contribution in [0.15, 0.2) is 59.4 Å². The molecule has 1 fully saturated rings. The van der Waals surface area contributed by atoms with E-state index in [1.807, 2.05) is 51.6 Å². The third kappa shape index (κ3) is 2.49. The van der Waals surface area contributed by atoms with Crippen LogP contribution in [-0.4, -0.2) is 15.0 Å². The average molecular weight is 327 g/mol. The van der Waals surface area contributed by atoms with E-state index in [1.165, 1.54) is 0 Å². The van der Waals surface area contributed by atoms with E-state index in [9.17, 15) is 4.79 Å². The van der Waals surface area contributed by atoms with Gasteiger partial charge in [-0.3, -0.25) is 9.13 Å². The Hall–Kier alpha value is -2.00. The number of halogens is 1. The summed E-state index contributed by atoms with van der Waals surface area (Å²) in [4.78, 5) is 13.1. The first-order valence-corrected chi connectivity index (χ1v) is 8.67. The molecule has 3 nitrogen and oxygen atoms in total. The van der Waals surface area contributed by atoms with Gasteiger partial charge >= 0.3 is 5.69 Å². The van der Waals surface area contributed by atoms with Gasteiger partial charge in [0.25, 0.3) is 0 Å². The van der Waals surface area contributed by atoms with Crippen molar-refractivity contribution in [2.75, 3.05) is 5.88 Å². The minimum Gasteiger partial charge on any atom is -0.289 e. The number of para-hydroxylation sites is 2. The number of fused-ring (bicyclic) bond motifs is 1. The number of hydrogen-bond acceptors (Lipinski definition) is 1. The number of nitrogens with zero attached hydrogens (tertiary/aromatic N) is 2. The number of imidazole rings is 1. The predicted molar refractivity (Wildman–Crippen MR) is 94.4 cm³/mol. The number of aromatic nitrogens is 2. The second-order valence-corrected chi connectivity index (χ2v) is 6.52. The van der Waals surface area contributed by atoms with Crippen molar-refractivity contribution in [2.24, 2.45) is 0 Å². The smallest absolute Gasteiger partial charge is 0.289 e. The van der Waals surface area contributed by atoms with E-state index in [-0.39, 0.29) is 11.7 Å². The maximum atomic E-state index is 13.1. The largest absolute Gasteiger partial charge is 0.329 e. The Labute approximate surface area is 140 Å². The highest BCUT2D eigenvalue weighted by Gasteiger charge is 2.30. The van der Waals surface area contributed by atoms with Crippen LogP contribution >= 0.6 is 11.6 Å². The molecule has 4 rings (SSSR count). The molecular formula is C19H19ClN2O. The van der Waals surface area contributed by atoms with E-state index in [1.54, 1.807) is 0 Å². The number of rotatable bonds is 5. The van der Waals surface area contributed by atoms with Crippen LogP contribution in [0, 0.1) is 0 Å². The van der Waals surface area contributed by atoms with Gasteiger partial charge in [-0.1, -0.05) is 42.5 Å². The Balaban J connectivity index is 1.96. The molecule has 0 radical (unpaired) electrons. The van der Waals surface area contributed by atoms with Crippen molar-refractivity contribution >= 4 is 22.6 Å². The fourth-order valence-corrected chi connectivity index (χ4v) is 3.61. The maximum absolute atomic E-state index is 13.1. The molecule has 1 aliphatic rings. The number of hydrogen-bond donors (Lipinski definition) is 0. The third-order valence-corrected chi connectivity index (χ3v) is 4.82. The van der Waals surface area contributed by atoms with E-state index in [2.05, 4.69) is 12.1 Å². The summed E-state index contributed by atoms with van der Waals surface area (Å²) in [5, 5.41) is 0. The predicted octanol–water partition coefficient (Wildman–Crippen LogP) is 4.36. The summed E-state index contributed by atoms with van der Waals surface area (Å²) in [6, 6.07) is 18.6. The van der Waals surface area contributed by atoms with Gasteiger partial charge in [-0.2, -0.15) is 0 Å². The van der Waals surface area contributed by atoms with Crippen LogP contribution in [0.4, 0.5) is 0 Å². The lowest BCUT2D eigenvalue weighted by Crippen LogP contribution is -2.28. The lowest BCUT2D eigenvalue weighted by molar-refractivity contribution is 0.546. The molecule has 23 heavy (non-hydrogen) atoms. The number of alkyl halides is 1. The molecule has 2 aromatic carbocycles. The summed E-state index contributed by atoms with van der Waals surface area (Å²) in [7, 11) is 0. The monoisotopic (exact) mass is 326 g/mol. The van der Waals surface area contributed by atoms with E-state index in [0.717, 1.165) is 35.9 Å². The Bertz CT molecular complexity index is 877. The van der Waals surface area contributed by atoms with Crippen molar-refractivity contribution < 1.29 is 0 Å². The molecular weight excluding hydrogens is 308 g/mol. The molecule has 1 heterocycles. The summed E-state index contributed by atoms with van der Waals surface area (Å²) in [6.45, 7) is 0. The molecule has 1 atom stereocenters. The second-order valence-electron chi connectivity index (χ2n) is 6.15. The van der Waals surface area contributed by atoms with Gasteiger partial charge in [-0.25, -0.2) is 4.79 Å². The Kier molecular flexibility index (Phi) is 3.74. The van der Waals surface area contributed by atoms with Crippen molar-refractivity contribution in [3.8, 4) is 0 Å². The van der Waals surface area contributed by atoms with Crippen LogP contribution in [-0.2, 0) is 0 Å². The molecule has 0 amide bonds. The van der Waals surface area contributed by atoms with Crippen molar-refractivity contribution in [1.29, 1.82) is 0 Å². The molecule has 0 aliphatic heterocycles. The van der Waals surface area contributed by atoms with Crippen LogP contribution in [0.3, 0.4) is 0 Å². The van der Waals surface area contributed by atoms with Crippen LogP contribution in [0.2, 0.25) is 0 Å². The Morgan fingerprint density at radius 2 is 1.65 bits per heavy atom. The van der Waals surface area contributed by atoms with E-state index in [0.29, 0.717) is 11.9 Å². The van der Waals surface area contributed by atoms with Crippen molar-refractivity contribution in [1.82, 2.24) is 9.13 Å². The van der Waals surface area contributed by atoms with Crippen LogP contribution in [0.25, 0.3) is 11.0 Å². The molecule has 4 heteroatoms. The summed E-state index contributed by atoms with van der Waals surface area (Å²) >= 11 is 6.06. The molecule has 1 saturated carbocycles. The average Bonchev–Trinajstić information content (AvgIpc) is 3.37. The van der Waals surface area contributed by atoms with Crippen molar-refractivity contribution in [3.05, 3.63) is 70.6 Å². The van der Waals surface area contributed by atoms with E-state index >= 15 is 0 Å². The molecule has 0 saturated heterocycles. The molecule has 0 bridgehead atoms. The third-order valence-electron chi connectivity index (χ3n) is 4.60. The molecule has 1 aromatic heterocycles. The Morgan fingerprint density at radius 3 is 2.30 bits per heavy atom. The van der Waals surface area contributed by atoms with Crippen LogP contribution < -0.4 is 5.69 Å². The molecule has 1 aliphatic carbocycles. The quantitative estimate of drug-likeness (QED) is 0.640. The van der Waals surface area contributed by atoms with Gasteiger partial charge in [-0.05, 0) is 37.0 Å². The molecule has 118 valence electrons. The number of benzene rings is 2. The Morgan fingerprint density at radius 1 is 1.00 bits per heavy atom. The van der Waals surface area contributed by atoms with E-state index < -0.39 is 0 Å². The minimum absolute atomic E-state index is 0.0221. The van der Waals surface area contributed by atoms with Crippen LogP contribution in [0.5, 0.6) is 0 Å². The molecule has 3 aromatic rings. The van der Waals surface area contributed by atoms with Crippen LogP contribution in [0.1, 0.15) is 36.9 Å². The van der Waals surface area contributed by atoms with Gasteiger partial charge in [0.05, 0.1) is 17.1 Å². The van der Waals surface area contributed by atoms with Crippen molar-refractivity contribution in [2.45, 2.75) is 31.3 Å². The highest BCUT2D eigenvalue weighted by molar-refractivity contribution is 6.17. The fraction of sp³-hybridized carbons (Fsp3) is 0.316. The fourth-order valence-electron chi connectivity index (χ4n) is 3.40. The van der Waals surface area contributed by atoms with E-state index in [4.69, 9.17) is 11.6 Å². The standard InChI is InChI=1S/C19H19ClN2O/c20-13-12-16(14-6-2-1-3-7-14)22-18-9-5-4-8-17(18)21(19(22)23)15-10-11-15/h1-9,15-16H,10-13H2. The first kappa shape index (κ1) is 14.6. The first-order valence-electron chi connectivity index (χ1n) is 8.13. The minimum atomic E-state index is -0.0221. The summed E-state index contributed by atoms with van der Waals surface area (Å²) in [5.41, 5.74) is 3.26. The SMILES string of the molecule is O=c1n(C2CC2)c2ccccc2n1C(CCCl)c1ccccc1. The van der Waals surface area contributed by atoms with Gasteiger partial charge in [0.15, 0.2) is 0 Å². The first-order chi connectivity index (χ1) is 11.3. The maximum Gasteiger partial charge on any atom is 0.329 e. The lowest BCUT2D eigenvalue weighted by Gasteiger charge is -2.18. The summed E-state index contributed by atoms with van der Waals surface area (Å²) < 4.78 is 3.91. The normalized spacial score (nSPS) is 15.9. The topological polar surface area (TPSA) is 26.9 Å². The van der Waals surface area contributed by atoms with Gasteiger partial charge in [0.1, 0.15) is 0 Å². The molecule has 0 spiro atoms. The second kappa shape index (κ2) is 5.89. The zero-order valence-electron chi connectivity index (χ0n) is 12.9. The highest BCUT2D eigenvalue weighted by Crippen LogP contribution is 2.37. The molecule has 1 unspecified atom stereocenters. The van der Waals surface area contributed by atoms with Crippen molar-refractivity contribution in [3.63, 3.8) is 0 Å². The lowest BCUT2D eigenvalue weighted by atomic mass is 10.0. The molecule has 0 N–H and O–H groups in total. The zero-order valence-corrected chi connectivity index (χ0v) is 13.6. The van der Waals surface area contributed by atoms with Gasteiger partial charge in [0, 0.05) is 11.9 Å². The summed E-state index contributed by atoms with van der Waals surface area (Å²) in [5.74, 6) is 0.523.